The molecule has 2 unspecified atom stereocenters. The standard InChI is InChI=1S/C33H40N4O4SSi/c1-23-9-8-15-32(3,20-23)42(39,40)37-16-14-26-27(12-10-24(2)30(26)37)33(4,38)31-35-28-19-25(21-34)11-13-29(28)36(31)22-41-17-18-43(5,6)7/h8-14,16,19-20,38H,15,17-18,22H2,1-7H3. The Kier molecular flexibility index (Phi) is 7.84. The summed E-state index contributed by atoms with van der Waals surface area (Å²) in [5.74, 6) is 0.356. The summed E-state index contributed by atoms with van der Waals surface area (Å²) in [6.45, 7) is 14.8. The van der Waals surface area contributed by atoms with Crippen LogP contribution in [0, 0.1) is 18.3 Å². The molecule has 1 N–H and O–H groups in total. The third kappa shape index (κ3) is 5.51. The number of ether oxygens (including phenoxy) is 1. The van der Waals surface area contributed by atoms with Crippen molar-refractivity contribution in [3.05, 3.63) is 88.9 Å². The molecular formula is C33H40N4O4SSi. The summed E-state index contributed by atoms with van der Waals surface area (Å²) >= 11 is 0. The lowest BCUT2D eigenvalue weighted by Crippen LogP contribution is -2.38. The minimum atomic E-state index is -3.85. The number of aliphatic hydroxyl groups is 1. The van der Waals surface area contributed by atoms with Gasteiger partial charge in [0.05, 0.1) is 28.2 Å². The molecule has 0 bridgehead atoms. The van der Waals surface area contributed by atoms with Crippen LogP contribution in [-0.4, -0.2) is 46.5 Å². The van der Waals surface area contributed by atoms with E-state index in [1.54, 1.807) is 38.2 Å². The molecular weight excluding hydrogens is 577 g/mol. The van der Waals surface area contributed by atoms with E-state index in [1.165, 1.54) is 3.97 Å². The van der Waals surface area contributed by atoms with Crippen LogP contribution in [0.2, 0.25) is 25.7 Å². The molecule has 0 fully saturated rings. The average Bonchev–Trinajstić information content (AvgIpc) is 3.53. The zero-order chi connectivity index (χ0) is 31.4. The third-order valence-electron chi connectivity index (χ3n) is 8.35. The Balaban J connectivity index is 1.65. The van der Waals surface area contributed by atoms with Crippen molar-refractivity contribution in [1.29, 1.82) is 5.26 Å². The van der Waals surface area contributed by atoms with Gasteiger partial charge in [0.2, 0.25) is 10.0 Å². The molecule has 1 aliphatic rings. The first-order valence-electron chi connectivity index (χ1n) is 14.5. The van der Waals surface area contributed by atoms with Gasteiger partial charge in [-0.3, -0.25) is 0 Å². The van der Waals surface area contributed by atoms with E-state index in [4.69, 9.17) is 9.72 Å². The fourth-order valence-corrected chi connectivity index (χ4v) is 8.40. The number of nitrogens with zero attached hydrogens (tertiary/aromatic N) is 4. The lowest BCUT2D eigenvalue weighted by Gasteiger charge is -2.29. The van der Waals surface area contributed by atoms with E-state index in [-0.39, 0.29) is 6.73 Å². The Hall–Kier alpha value is -3.49. The number of hydrogen-bond acceptors (Lipinski definition) is 6. The zero-order valence-electron chi connectivity index (χ0n) is 26.0. The Morgan fingerprint density at radius 3 is 2.60 bits per heavy atom. The number of hydrogen-bond donors (Lipinski definition) is 1. The van der Waals surface area contributed by atoms with Gasteiger partial charge in [-0.25, -0.2) is 17.4 Å². The van der Waals surface area contributed by atoms with Gasteiger partial charge in [-0.15, -0.1) is 0 Å². The zero-order valence-corrected chi connectivity index (χ0v) is 27.8. The van der Waals surface area contributed by atoms with E-state index in [0.717, 1.165) is 22.7 Å². The molecule has 1 aliphatic carbocycles. The smallest absolute Gasteiger partial charge is 0.248 e. The summed E-state index contributed by atoms with van der Waals surface area (Å²) < 4.78 is 36.5. The van der Waals surface area contributed by atoms with Crippen molar-refractivity contribution in [3.8, 4) is 6.07 Å². The van der Waals surface area contributed by atoms with Crippen LogP contribution >= 0.6 is 0 Å². The summed E-state index contributed by atoms with van der Waals surface area (Å²) in [7, 11) is -5.16. The van der Waals surface area contributed by atoms with Crippen LogP contribution in [0.15, 0.2) is 66.4 Å². The maximum atomic E-state index is 14.1. The minimum absolute atomic E-state index is 0.181. The molecule has 10 heteroatoms. The van der Waals surface area contributed by atoms with Crippen molar-refractivity contribution in [2.75, 3.05) is 6.61 Å². The Morgan fingerprint density at radius 1 is 1.19 bits per heavy atom. The van der Waals surface area contributed by atoms with Crippen molar-refractivity contribution in [2.45, 2.75) is 76.9 Å². The van der Waals surface area contributed by atoms with Crippen LogP contribution in [0.1, 0.15) is 49.7 Å². The van der Waals surface area contributed by atoms with E-state index in [2.05, 4.69) is 25.7 Å². The van der Waals surface area contributed by atoms with Gasteiger partial charge in [0.1, 0.15) is 22.9 Å². The molecule has 0 amide bonds. The van der Waals surface area contributed by atoms with Crippen LogP contribution in [0.4, 0.5) is 0 Å². The molecule has 0 saturated heterocycles. The first-order valence-corrected chi connectivity index (χ1v) is 19.7. The Bertz CT molecular complexity index is 1940. The second kappa shape index (κ2) is 10.9. The largest absolute Gasteiger partial charge is 0.377 e. The molecule has 0 radical (unpaired) electrons. The average molecular weight is 617 g/mol. The van der Waals surface area contributed by atoms with Crippen LogP contribution in [-0.2, 0) is 27.1 Å². The van der Waals surface area contributed by atoms with E-state index < -0.39 is 28.4 Å². The quantitative estimate of drug-likeness (QED) is 0.168. The molecule has 2 heterocycles. The Morgan fingerprint density at radius 2 is 1.93 bits per heavy atom. The molecule has 43 heavy (non-hydrogen) atoms. The van der Waals surface area contributed by atoms with Gasteiger partial charge in [0.25, 0.3) is 0 Å². The fourth-order valence-electron chi connectivity index (χ4n) is 5.85. The molecule has 0 spiro atoms. The monoisotopic (exact) mass is 616 g/mol. The molecule has 0 aliphatic heterocycles. The summed E-state index contributed by atoms with van der Waals surface area (Å²) in [5.41, 5.74) is 2.91. The number of aryl methyl sites for hydroxylation is 1. The SMILES string of the molecule is CC1=CC(C)(S(=O)(=O)n2ccc3c(C(C)(O)c4nc5cc(C#N)ccc5n4COCC[Si](C)(C)C)ccc(C)c32)CC=C1. The second-order valence-corrected chi connectivity index (χ2v) is 21.1. The Labute approximate surface area is 255 Å². The number of aromatic nitrogens is 3. The van der Waals surface area contributed by atoms with Gasteiger partial charge in [-0.2, -0.15) is 5.26 Å². The molecule has 0 saturated carbocycles. The molecule has 4 aromatic rings. The van der Waals surface area contributed by atoms with E-state index in [1.807, 2.05) is 54.8 Å². The summed E-state index contributed by atoms with van der Waals surface area (Å²) in [5, 5.41) is 22.4. The van der Waals surface area contributed by atoms with Gasteiger partial charge in [0, 0.05) is 31.8 Å². The van der Waals surface area contributed by atoms with Gasteiger partial charge in [-0.05, 0) is 70.0 Å². The van der Waals surface area contributed by atoms with E-state index in [9.17, 15) is 18.8 Å². The van der Waals surface area contributed by atoms with Crippen molar-refractivity contribution in [1.82, 2.24) is 13.5 Å². The number of benzene rings is 2. The van der Waals surface area contributed by atoms with Gasteiger partial charge >= 0.3 is 0 Å². The van der Waals surface area contributed by atoms with E-state index >= 15 is 0 Å². The predicted molar refractivity (Wildman–Crippen MR) is 174 cm³/mol. The van der Waals surface area contributed by atoms with Crippen molar-refractivity contribution in [2.24, 2.45) is 0 Å². The fraction of sp³-hybridized carbons (Fsp3) is 0.394. The number of rotatable bonds is 9. The van der Waals surface area contributed by atoms with Gasteiger partial charge < -0.3 is 14.4 Å². The first kappa shape index (κ1) is 30.9. The molecule has 2 aromatic heterocycles. The normalized spacial score (nSPS) is 19.0. The summed E-state index contributed by atoms with van der Waals surface area (Å²) in [6, 6.07) is 13.8. The maximum absolute atomic E-state index is 14.1. The molecule has 8 nitrogen and oxygen atoms in total. The van der Waals surface area contributed by atoms with Crippen molar-refractivity contribution >= 4 is 40.0 Å². The second-order valence-electron chi connectivity index (χ2n) is 13.2. The maximum Gasteiger partial charge on any atom is 0.248 e. The first-order chi connectivity index (χ1) is 20.1. The van der Waals surface area contributed by atoms with Crippen LogP contribution < -0.4 is 0 Å². The van der Waals surface area contributed by atoms with Crippen LogP contribution in [0.3, 0.4) is 0 Å². The number of fused-ring (bicyclic) bond motifs is 2. The highest BCUT2D eigenvalue weighted by molar-refractivity contribution is 7.91. The molecule has 5 rings (SSSR count). The number of allylic oxidation sites excluding steroid dienone is 3. The number of imidazole rings is 1. The minimum Gasteiger partial charge on any atom is -0.377 e. The molecule has 2 aromatic carbocycles. The highest BCUT2D eigenvalue weighted by atomic mass is 32.2. The molecule has 2 atom stereocenters. The topological polar surface area (TPSA) is 110 Å². The van der Waals surface area contributed by atoms with Crippen molar-refractivity contribution in [3.63, 3.8) is 0 Å². The van der Waals surface area contributed by atoms with Gasteiger partial charge in [0.15, 0.2) is 0 Å². The van der Waals surface area contributed by atoms with Crippen LogP contribution in [0.25, 0.3) is 21.9 Å². The predicted octanol–water partition coefficient (Wildman–Crippen LogP) is 6.58. The van der Waals surface area contributed by atoms with Crippen molar-refractivity contribution < 1.29 is 18.3 Å². The highest BCUT2D eigenvalue weighted by Crippen LogP contribution is 2.39. The third-order valence-corrected chi connectivity index (χ3v) is 12.3. The summed E-state index contributed by atoms with van der Waals surface area (Å²) in [6.07, 6.45) is 7.60. The molecule has 226 valence electrons. The summed E-state index contributed by atoms with van der Waals surface area (Å²) in [4.78, 5) is 4.82. The number of nitriles is 1. The van der Waals surface area contributed by atoms with Gasteiger partial charge in [-0.1, -0.05) is 55.6 Å². The van der Waals surface area contributed by atoms with E-state index in [0.29, 0.717) is 46.4 Å². The highest BCUT2D eigenvalue weighted by Gasteiger charge is 2.41. The van der Waals surface area contributed by atoms with Crippen LogP contribution in [0.5, 0.6) is 0 Å². The lowest BCUT2D eigenvalue weighted by atomic mass is 9.91. The lowest BCUT2D eigenvalue weighted by molar-refractivity contribution is 0.0571.